The van der Waals surface area contributed by atoms with Gasteiger partial charge in [-0.25, -0.2) is 0 Å². The summed E-state index contributed by atoms with van der Waals surface area (Å²) in [7, 11) is 0. The van der Waals surface area contributed by atoms with E-state index in [2.05, 4.69) is 31.4 Å². The molecule has 0 atom stereocenters. The van der Waals surface area contributed by atoms with Crippen molar-refractivity contribution in [3.63, 3.8) is 0 Å². The van der Waals surface area contributed by atoms with Crippen LogP contribution in [0.25, 0.3) is 0 Å². The molecule has 0 aromatic carbocycles. The zero-order valence-corrected chi connectivity index (χ0v) is 11.0. The zero-order valence-electron chi connectivity index (χ0n) is 11.0. The summed E-state index contributed by atoms with van der Waals surface area (Å²) < 4.78 is 0. The molecule has 0 unspecified atom stereocenters. The molecule has 0 heteroatoms. The van der Waals surface area contributed by atoms with Crippen LogP contribution in [0.2, 0.25) is 0 Å². The molecule has 0 aliphatic rings. The average molecular weight is 220 g/mol. The fraction of sp³-hybridized carbons (Fsp3) is 0.688. The Labute approximate surface area is 102 Å². The highest BCUT2D eigenvalue weighted by Gasteiger charge is 1.89. The highest BCUT2D eigenvalue weighted by molar-refractivity contribution is 4.90. The monoisotopic (exact) mass is 220 g/mol. The molecule has 0 aromatic heterocycles. The molecule has 0 bridgehead atoms. The summed E-state index contributed by atoms with van der Waals surface area (Å²) in [6.07, 6.45) is 19.9. The van der Waals surface area contributed by atoms with Crippen LogP contribution in [-0.4, -0.2) is 0 Å². The van der Waals surface area contributed by atoms with E-state index < -0.39 is 0 Å². The Kier molecular flexibility index (Phi) is 13.6. The Morgan fingerprint density at radius 3 is 2.12 bits per heavy atom. The van der Waals surface area contributed by atoms with Gasteiger partial charge in [0.2, 0.25) is 0 Å². The van der Waals surface area contributed by atoms with Gasteiger partial charge in [-0.05, 0) is 25.3 Å². The highest BCUT2D eigenvalue weighted by atomic mass is 14.0. The van der Waals surface area contributed by atoms with Crippen LogP contribution in [0.3, 0.4) is 0 Å². The predicted octanol–water partition coefficient (Wildman–Crippen LogP) is 5.80. The molecule has 0 rings (SSSR count). The lowest BCUT2D eigenvalue weighted by Crippen LogP contribution is -1.79. The Hall–Kier alpha value is -0.740. The van der Waals surface area contributed by atoms with Gasteiger partial charge in [0.1, 0.15) is 0 Å². The minimum atomic E-state index is 0.987. The molecule has 0 saturated heterocycles. The van der Waals surface area contributed by atoms with Crippen molar-refractivity contribution in [2.75, 3.05) is 0 Å². The van der Waals surface area contributed by atoms with E-state index in [1.165, 1.54) is 57.8 Å². The first-order chi connectivity index (χ1) is 7.91. The Morgan fingerprint density at radius 1 is 0.875 bits per heavy atom. The van der Waals surface area contributed by atoms with Crippen molar-refractivity contribution in [2.24, 2.45) is 0 Å². The van der Waals surface area contributed by atoms with E-state index in [0.29, 0.717) is 0 Å². The molecule has 0 spiro atoms. The van der Waals surface area contributed by atoms with Crippen LogP contribution in [0.5, 0.6) is 0 Å². The third-order valence-electron chi connectivity index (χ3n) is 2.79. The second-order valence-corrected chi connectivity index (χ2v) is 4.38. The van der Waals surface area contributed by atoms with E-state index in [4.69, 9.17) is 0 Å². The first kappa shape index (κ1) is 15.3. The van der Waals surface area contributed by atoms with Crippen molar-refractivity contribution < 1.29 is 0 Å². The topological polar surface area (TPSA) is 0 Å². The van der Waals surface area contributed by atoms with Gasteiger partial charge in [0, 0.05) is 0 Å². The molecule has 0 aromatic rings. The zero-order chi connectivity index (χ0) is 11.9. The lowest BCUT2D eigenvalue weighted by Gasteiger charge is -1.99. The Bertz CT molecular complexity index is 194. The maximum atomic E-state index is 3.54. The molecule has 0 heterocycles. The molecular formula is C16H28. The number of hydrogen-bond donors (Lipinski definition) is 0. The number of allylic oxidation sites excluding steroid dienone is 3. The smallest absolute Gasteiger partial charge is 0.00932 e. The number of hydrogen-bond acceptors (Lipinski definition) is 0. The fourth-order valence-electron chi connectivity index (χ4n) is 1.76. The first-order valence-electron chi connectivity index (χ1n) is 6.91. The van der Waals surface area contributed by atoms with E-state index in [1.807, 2.05) is 6.08 Å². The van der Waals surface area contributed by atoms with Crippen molar-refractivity contribution >= 4 is 0 Å². The molecular weight excluding hydrogens is 192 g/mol. The normalized spacial score (nSPS) is 10.6. The van der Waals surface area contributed by atoms with Crippen molar-refractivity contribution in [1.29, 1.82) is 0 Å². The van der Waals surface area contributed by atoms with Gasteiger partial charge in [-0.3, -0.25) is 0 Å². The highest BCUT2D eigenvalue weighted by Crippen LogP contribution is 2.09. The van der Waals surface area contributed by atoms with E-state index >= 15 is 0 Å². The summed E-state index contributed by atoms with van der Waals surface area (Å²) in [5.74, 6) is 0. The lowest BCUT2D eigenvalue weighted by atomic mass is 10.1. The second-order valence-electron chi connectivity index (χ2n) is 4.38. The van der Waals surface area contributed by atoms with Crippen LogP contribution in [0, 0.1) is 0 Å². The summed E-state index contributed by atoms with van der Waals surface area (Å²) in [6, 6.07) is 0. The fourth-order valence-corrected chi connectivity index (χ4v) is 1.76. The van der Waals surface area contributed by atoms with Gasteiger partial charge in [0.05, 0.1) is 0 Å². The standard InChI is InChI=1S/C16H28/c1-3-5-7-9-11-13-15-16-14-12-10-8-6-4-2/h5,9,11H,1,4,6-8,10,12-16H2,2H3. The minimum absolute atomic E-state index is 0.987. The summed E-state index contributed by atoms with van der Waals surface area (Å²) in [4.78, 5) is 0. The van der Waals surface area contributed by atoms with E-state index in [-0.39, 0.29) is 0 Å². The van der Waals surface area contributed by atoms with Gasteiger partial charge < -0.3 is 0 Å². The first-order valence-corrected chi connectivity index (χ1v) is 6.91. The van der Waals surface area contributed by atoms with Crippen molar-refractivity contribution in [2.45, 2.75) is 71.1 Å². The van der Waals surface area contributed by atoms with Crippen molar-refractivity contribution in [3.8, 4) is 0 Å². The molecule has 0 amide bonds. The van der Waals surface area contributed by atoms with Crippen LogP contribution in [0.4, 0.5) is 0 Å². The van der Waals surface area contributed by atoms with E-state index in [1.54, 1.807) is 0 Å². The van der Waals surface area contributed by atoms with Gasteiger partial charge in [-0.1, -0.05) is 70.6 Å². The molecule has 0 nitrogen and oxygen atoms in total. The molecule has 0 radical (unpaired) electrons. The quantitative estimate of drug-likeness (QED) is 0.234. The largest absolute Gasteiger partial charge is 0.133 e. The maximum Gasteiger partial charge on any atom is -0.00932 e. The maximum absolute atomic E-state index is 3.54. The SMILES string of the molecule is C=C=CCC=CCCCCCCCCCC. The summed E-state index contributed by atoms with van der Waals surface area (Å²) in [5, 5.41) is 0. The molecule has 0 N–H and O–H groups in total. The van der Waals surface area contributed by atoms with Crippen molar-refractivity contribution in [1.82, 2.24) is 0 Å². The van der Waals surface area contributed by atoms with Gasteiger partial charge in [0.25, 0.3) is 0 Å². The minimum Gasteiger partial charge on any atom is -0.133 e. The Morgan fingerprint density at radius 2 is 1.50 bits per heavy atom. The molecule has 0 aliphatic heterocycles. The summed E-state index contributed by atoms with van der Waals surface area (Å²) in [6.45, 7) is 5.81. The van der Waals surface area contributed by atoms with Gasteiger partial charge in [-0.15, -0.1) is 5.73 Å². The average Bonchev–Trinajstić information content (AvgIpc) is 2.31. The van der Waals surface area contributed by atoms with Crippen LogP contribution >= 0.6 is 0 Å². The van der Waals surface area contributed by atoms with Gasteiger partial charge >= 0.3 is 0 Å². The van der Waals surface area contributed by atoms with E-state index in [0.717, 1.165) is 6.42 Å². The summed E-state index contributed by atoms with van der Waals surface area (Å²) in [5.41, 5.74) is 2.78. The second kappa shape index (κ2) is 14.3. The molecule has 0 saturated carbocycles. The summed E-state index contributed by atoms with van der Waals surface area (Å²) >= 11 is 0. The third kappa shape index (κ3) is 13.3. The van der Waals surface area contributed by atoms with Crippen LogP contribution in [-0.2, 0) is 0 Å². The van der Waals surface area contributed by atoms with Crippen LogP contribution in [0.1, 0.15) is 71.1 Å². The lowest BCUT2D eigenvalue weighted by molar-refractivity contribution is 0.577. The molecule has 92 valence electrons. The molecule has 0 fully saturated rings. The van der Waals surface area contributed by atoms with Gasteiger partial charge in [0.15, 0.2) is 0 Å². The van der Waals surface area contributed by atoms with Crippen molar-refractivity contribution in [3.05, 3.63) is 30.5 Å². The Balaban J connectivity index is 3.03. The van der Waals surface area contributed by atoms with Crippen LogP contribution < -0.4 is 0 Å². The third-order valence-corrected chi connectivity index (χ3v) is 2.79. The predicted molar refractivity (Wildman–Crippen MR) is 74.7 cm³/mol. The molecule has 16 heavy (non-hydrogen) atoms. The van der Waals surface area contributed by atoms with E-state index in [9.17, 15) is 0 Å². The van der Waals surface area contributed by atoms with Gasteiger partial charge in [-0.2, -0.15) is 0 Å². The number of unbranched alkanes of at least 4 members (excludes halogenated alkanes) is 8. The molecule has 0 aliphatic carbocycles. The number of rotatable bonds is 11. The van der Waals surface area contributed by atoms with Crippen LogP contribution in [0.15, 0.2) is 30.5 Å².